The van der Waals surface area contributed by atoms with Crippen LogP contribution in [0.5, 0.6) is 5.75 Å². The van der Waals surface area contributed by atoms with Crippen LogP contribution in [0.15, 0.2) is 77.3 Å². The number of hydrogen-bond acceptors (Lipinski definition) is 4. The summed E-state index contributed by atoms with van der Waals surface area (Å²) in [7, 11) is 5.54. The van der Waals surface area contributed by atoms with Gasteiger partial charge in [0.2, 0.25) is 0 Å². The van der Waals surface area contributed by atoms with Crippen molar-refractivity contribution >= 4 is 33.4 Å². The minimum Gasteiger partial charge on any atom is -0.496 e. The van der Waals surface area contributed by atoms with Gasteiger partial charge in [-0.1, -0.05) is 42.5 Å². The fraction of sp³-hybridized carbons (Fsp3) is 0.200. The van der Waals surface area contributed by atoms with Crippen LogP contribution in [0.2, 0.25) is 0 Å². The molecule has 0 saturated carbocycles. The number of ether oxygens (including phenoxy) is 1. The first-order chi connectivity index (χ1) is 15.4. The van der Waals surface area contributed by atoms with E-state index < -0.39 is 0 Å². The van der Waals surface area contributed by atoms with Gasteiger partial charge in [0.1, 0.15) is 5.75 Å². The summed E-state index contributed by atoms with van der Waals surface area (Å²) >= 11 is 3.39. The molecule has 0 saturated heterocycles. The van der Waals surface area contributed by atoms with Crippen molar-refractivity contribution in [1.29, 1.82) is 0 Å². The van der Waals surface area contributed by atoms with Gasteiger partial charge < -0.3 is 20.3 Å². The van der Waals surface area contributed by atoms with Crippen molar-refractivity contribution in [3.63, 3.8) is 0 Å². The van der Waals surface area contributed by atoms with E-state index >= 15 is 0 Å². The third-order valence-corrected chi connectivity index (χ3v) is 5.81. The molecule has 0 aromatic heterocycles. The summed E-state index contributed by atoms with van der Waals surface area (Å²) in [6, 6.07) is 21.8. The molecule has 0 fully saturated rings. The van der Waals surface area contributed by atoms with Gasteiger partial charge in [-0.15, -0.1) is 0 Å². The molecule has 0 aliphatic rings. The van der Waals surface area contributed by atoms with E-state index in [-0.39, 0.29) is 17.9 Å². The minimum atomic E-state index is -0.294. The second-order valence-corrected chi connectivity index (χ2v) is 8.27. The molecule has 0 radical (unpaired) electrons. The molecule has 0 aliphatic heterocycles. The van der Waals surface area contributed by atoms with Gasteiger partial charge in [-0.3, -0.25) is 9.59 Å². The number of halogens is 1. The number of amides is 2. The Hall–Kier alpha value is -3.16. The molecule has 0 aliphatic carbocycles. The lowest BCUT2D eigenvalue weighted by Gasteiger charge is -2.26. The Kier molecular flexibility index (Phi) is 8.03. The van der Waals surface area contributed by atoms with E-state index in [1.807, 2.05) is 49.3 Å². The molecule has 2 amide bonds. The van der Waals surface area contributed by atoms with Crippen molar-refractivity contribution in [2.45, 2.75) is 6.04 Å². The van der Waals surface area contributed by atoms with Crippen LogP contribution < -0.4 is 15.4 Å². The summed E-state index contributed by atoms with van der Waals surface area (Å²) in [6.45, 7) is 0.374. The van der Waals surface area contributed by atoms with Gasteiger partial charge in [0.25, 0.3) is 11.8 Å². The maximum atomic E-state index is 13.0. The van der Waals surface area contributed by atoms with Crippen molar-refractivity contribution in [3.8, 4) is 5.75 Å². The number of nitrogens with zero attached hydrogens (tertiary/aromatic N) is 1. The third-order valence-electron chi connectivity index (χ3n) is 5.12. The SMILES string of the molecule is COc1ccccc1C(CNC(=O)c1ccccc1NC(=O)c1ccccc1Br)N(C)C. The normalized spacial score (nSPS) is 11.7. The molecular weight excluding hydrogens is 470 g/mol. The zero-order chi connectivity index (χ0) is 23.1. The lowest BCUT2D eigenvalue weighted by Crippen LogP contribution is -2.35. The van der Waals surface area contributed by atoms with Crippen molar-refractivity contribution in [1.82, 2.24) is 10.2 Å². The number of carbonyl (C=O) groups excluding carboxylic acids is 2. The van der Waals surface area contributed by atoms with Crippen LogP contribution >= 0.6 is 15.9 Å². The second kappa shape index (κ2) is 10.9. The molecule has 32 heavy (non-hydrogen) atoms. The molecule has 3 aromatic carbocycles. The van der Waals surface area contributed by atoms with Gasteiger partial charge in [0.05, 0.1) is 30.0 Å². The predicted molar refractivity (Wildman–Crippen MR) is 130 cm³/mol. The molecular formula is C25H26BrN3O3. The first kappa shape index (κ1) is 23.5. The van der Waals surface area contributed by atoms with Crippen LogP contribution in [-0.2, 0) is 0 Å². The van der Waals surface area contributed by atoms with E-state index in [1.54, 1.807) is 49.6 Å². The Bertz CT molecular complexity index is 1100. The van der Waals surface area contributed by atoms with Crippen LogP contribution in [0.1, 0.15) is 32.3 Å². The maximum absolute atomic E-state index is 13.0. The van der Waals surface area contributed by atoms with Gasteiger partial charge in [-0.25, -0.2) is 0 Å². The summed E-state index contributed by atoms with van der Waals surface area (Å²) in [5, 5.41) is 5.85. The van der Waals surface area contributed by atoms with Gasteiger partial charge in [-0.05, 0) is 60.4 Å². The molecule has 0 bridgehead atoms. The zero-order valence-corrected chi connectivity index (χ0v) is 19.8. The van der Waals surface area contributed by atoms with E-state index in [1.165, 1.54) is 0 Å². The van der Waals surface area contributed by atoms with Gasteiger partial charge in [-0.2, -0.15) is 0 Å². The Morgan fingerprint density at radius 2 is 1.53 bits per heavy atom. The Balaban J connectivity index is 1.77. The molecule has 1 atom stereocenters. The third kappa shape index (κ3) is 5.55. The number of nitrogens with one attached hydrogen (secondary N) is 2. The van der Waals surface area contributed by atoms with Crippen molar-refractivity contribution in [2.24, 2.45) is 0 Å². The average Bonchev–Trinajstić information content (AvgIpc) is 2.79. The highest BCUT2D eigenvalue weighted by Gasteiger charge is 2.21. The van der Waals surface area contributed by atoms with Gasteiger partial charge >= 0.3 is 0 Å². The molecule has 1 unspecified atom stereocenters. The highest BCUT2D eigenvalue weighted by molar-refractivity contribution is 9.10. The van der Waals surface area contributed by atoms with Gasteiger partial charge in [0.15, 0.2) is 0 Å². The Morgan fingerprint density at radius 3 is 2.22 bits per heavy atom. The Morgan fingerprint density at radius 1 is 0.906 bits per heavy atom. The quantitative estimate of drug-likeness (QED) is 0.473. The topological polar surface area (TPSA) is 70.7 Å². The van der Waals surface area contributed by atoms with Crippen LogP contribution in [0.4, 0.5) is 5.69 Å². The minimum absolute atomic E-state index is 0.0860. The summed E-state index contributed by atoms with van der Waals surface area (Å²) in [5.41, 5.74) is 2.32. The number of rotatable bonds is 8. The van der Waals surface area contributed by atoms with E-state index in [2.05, 4.69) is 26.6 Å². The lowest BCUT2D eigenvalue weighted by atomic mass is 10.0. The summed E-state index contributed by atoms with van der Waals surface area (Å²) in [6.07, 6.45) is 0. The smallest absolute Gasteiger partial charge is 0.256 e. The van der Waals surface area contributed by atoms with Crippen LogP contribution in [0, 0.1) is 0 Å². The highest BCUT2D eigenvalue weighted by atomic mass is 79.9. The second-order valence-electron chi connectivity index (χ2n) is 7.41. The van der Waals surface area contributed by atoms with Crippen LogP contribution in [0.25, 0.3) is 0 Å². The van der Waals surface area contributed by atoms with Crippen LogP contribution in [-0.4, -0.2) is 44.5 Å². The summed E-state index contributed by atoms with van der Waals surface area (Å²) in [4.78, 5) is 27.8. The van der Waals surface area contributed by atoms with Crippen molar-refractivity contribution in [3.05, 3.63) is 94.0 Å². The fourth-order valence-corrected chi connectivity index (χ4v) is 3.89. The summed E-state index contributed by atoms with van der Waals surface area (Å²) in [5.74, 6) is 0.203. The number of carbonyl (C=O) groups is 2. The first-order valence-electron chi connectivity index (χ1n) is 10.1. The monoisotopic (exact) mass is 495 g/mol. The number of para-hydroxylation sites is 2. The van der Waals surface area contributed by atoms with Crippen molar-refractivity contribution < 1.29 is 14.3 Å². The number of likely N-dealkylation sites (N-methyl/N-ethyl adjacent to an activating group) is 1. The number of benzene rings is 3. The molecule has 6 nitrogen and oxygen atoms in total. The standard InChI is InChI=1S/C25H26BrN3O3/c1-29(2)22(19-12-6-9-15-23(19)32-3)16-27-24(30)18-11-5-8-14-21(18)28-25(31)17-10-4-7-13-20(17)26/h4-15,22H,16H2,1-3H3,(H,27,30)(H,28,31). The molecule has 166 valence electrons. The first-order valence-corrected chi connectivity index (χ1v) is 10.9. The largest absolute Gasteiger partial charge is 0.496 e. The van der Waals surface area contributed by atoms with E-state index in [0.29, 0.717) is 27.8 Å². The zero-order valence-electron chi connectivity index (χ0n) is 18.3. The molecule has 3 rings (SSSR count). The number of hydrogen-bond donors (Lipinski definition) is 2. The van der Waals surface area contributed by atoms with Crippen LogP contribution in [0.3, 0.4) is 0 Å². The maximum Gasteiger partial charge on any atom is 0.256 e. The van der Waals surface area contributed by atoms with E-state index in [4.69, 9.17) is 4.74 Å². The summed E-state index contributed by atoms with van der Waals surface area (Å²) < 4.78 is 6.18. The number of anilines is 1. The lowest BCUT2D eigenvalue weighted by molar-refractivity contribution is 0.0942. The molecule has 0 heterocycles. The molecule has 0 spiro atoms. The average molecular weight is 496 g/mol. The van der Waals surface area contributed by atoms with Gasteiger partial charge in [0, 0.05) is 16.6 Å². The van der Waals surface area contributed by atoms with E-state index in [0.717, 1.165) is 11.3 Å². The Labute approximate surface area is 196 Å². The van der Waals surface area contributed by atoms with E-state index in [9.17, 15) is 9.59 Å². The molecule has 3 aromatic rings. The predicted octanol–water partition coefficient (Wildman–Crippen LogP) is 4.74. The fourth-order valence-electron chi connectivity index (χ4n) is 3.42. The highest BCUT2D eigenvalue weighted by Crippen LogP contribution is 2.27. The molecule has 2 N–H and O–H groups in total. The number of methoxy groups -OCH3 is 1. The van der Waals surface area contributed by atoms with Crippen molar-refractivity contribution in [2.75, 3.05) is 33.1 Å². The molecule has 7 heteroatoms.